The summed E-state index contributed by atoms with van der Waals surface area (Å²) in [5.41, 5.74) is 0.0800. The Bertz CT molecular complexity index is 693. The van der Waals surface area contributed by atoms with Crippen molar-refractivity contribution in [2.24, 2.45) is 5.41 Å². The molecule has 0 radical (unpaired) electrons. The van der Waals surface area contributed by atoms with Gasteiger partial charge in [-0.3, -0.25) is 9.59 Å². The molecule has 0 N–H and O–H groups in total. The summed E-state index contributed by atoms with van der Waals surface area (Å²) in [5.74, 6) is -0.00298. The Balaban J connectivity index is 2.55. The third-order valence-electron chi connectivity index (χ3n) is 3.18. The largest absolute Gasteiger partial charge is 0.297 e. The monoisotopic (exact) mass is 258 g/mol. The van der Waals surface area contributed by atoms with Crippen LogP contribution in [0.2, 0.25) is 0 Å². The second kappa shape index (κ2) is 4.61. The number of Topliss-reactive ketones (excluding diaryl/α,β-unsaturated/α-hetero) is 1. The number of aryl methyl sites for hydroxylation is 1. The van der Waals surface area contributed by atoms with Crippen molar-refractivity contribution in [2.75, 3.05) is 0 Å². The summed E-state index contributed by atoms with van der Waals surface area (Å²) in [6, 6.07) is 7.33. The van der Waals surface area contributed by atoms with Gasteiger partial charge in [-0.05, 0) is 13.0 Å². The fourth-order valence-electron chi connectivity index (χ4n) is 1.88. The molecule has 2 aromatic rings. The van der Waals surface area contributed by atoms with E-state index in [0.29, 0.717) is 5.39 Å². The van der Waals surface area contributed by atoms with E-state index in [1.807, 2.05) is 45.9 Å². The van der Waals surface area contributed by atoms with Crippen molar-refractivity contribution in [1.82, 2.24) is 9.78 Å². The van der Waals surface area contributed by atoms with Gasteiger partial charge < -0.3 is 0 Å². The second-order valence-corrected chi connectivity index (χ2v) is 5.77. The van der Waals surface area contributed by atoms with E-state index in [2.05, 4.69) is 5.10 Å². The van der Waals surface area contributed by atoms with Crippen molar-refractivity contribution in [3.05, 3.63) is 40.3 Å². The molecule has 0 atom stereocenters. The lowest BCUT2D eigenvalue weighted by atomic mass is 9.91. The molecule has 1 aromatic heterocycles. The van der Waals surface area contributed by atoms with Crippen molar-refractivity contribution >= 4 is 16.6 Å². The van der Waals surface area contributed by atoms with Crippen LogP contribution in [0.25, 0.3) is 10.8 Å². The first kappa shape index (κ1) is 13.5. The van der Waals surface area contributed by atoms with Gasteiger partial charge in [0.15, 0.2) is 5.78 Å². The van der Waals surface area contributed by atoms with Crippen LogP contribution in [0.5, 0.6) is 0 Å². The molecular weight excluding hydrogens is 240 g/mol. The lowest BCUT2D eigenvalue weighted by Gasteiger charge is -2.17. The molecule has 0 bridgehead atoms. The molecule has 100 valence electrons. The molecule has 4 nitrogen and oxygen atoms in total. The minimum absolute atomic E-state index is 0.00298. The number of nitrogens with zero attached hydrogens (tertiary/aromatic N) is 2. The molecule has 0 unspecified atom stereocenters. The molecule has 2 rings (SSSR count). The number of aromatic nitrogens is 2. The number of rotatable bonds is 2. The molecule has 1 heterocycles. The lowest BCUT2D eigenvalue weighted by molar-refractivity contribution is -0.127. The number of carbonyl (C=O) groups excluding carboxylic acids is 1. The van der Waals surface area contributed by atoms with E-state index in [-0.39, 0.29) is 17.9 Å². The Morgan fingerprint density at radius 3 is 2.37 bits per heavy atom. The Labute approximate surface area is 112 Å². The Morgan fingerprint density at radius 2 is 1.79 bits per heavy atom. The SMILES string of the molecule is Cc1nn(CC(=O)C(C)(C)C)c(=O)c2ccccc12. The number of carbonyl (C=O) groups is 1. The number of fused-ring (bicyclic) bond motifs is 1. The Morgan fingerprint density at radius 1 is 1.21 bits per heavy atom. The highest BCUT2D eigenvalue weighted by Gasteiger charge is 2.22. The van der Waals surface area contributed by atoms with E-state index >= 15 is 0 Å². The third kappa shape index (κ3) is 2.57. The van der Waals surface area contributed by atoms with Gasteiger partial charge in [-0.2, -0.15) is 5.10 Å². The predicted octanol–water partition coefficient (Wildman–Crippen LogP) is 2.32. The van der Waals surface area contributed by atoms with Crippen LogP contribution in [0.4, 0.5) is 0 Å². The molecule has 1 aromatic carbocycles. The van der Waals surface area contributed by atoms with Crippen LogP contribution in [-0.4, -0.2) is 15.6 Å². The fraction of sp³-hybridized carbons (Fsp3) is 0.400. The van der Waals surface area contributed by atoms with Gasteiger partial charge in [0, 0.05) is 10.8 Å². The van der Waals surface area contributed by atoms with Crippen LogP contribution in [0, 0.1) is 12.3 Å². The van der Waals surface area contributed by atoms with Gasteiger partial charge in [-0.1, -0.05) is 39.0 Å². The smallest absolute Gasteiger partial charge is 0.275 e. The van der Waals surface area contributed by atoms with Crippen LogP contribution in [0.3, 0.4) is 0 Å². The first-order valence-electron chi connectivity index (χ1n) is 6.30. The Hall–Kier alpha value is -1.97. The molecule has 0 aliphatic carbocycles. The summed E-state index contributed by atoms with van der Waals surface area (Å²) < 4.78 is 1.27. The minimum atomic E-state index is -0.472. The predicted molar refractivity (Wildman–Crippen MR) is 75.2 cm³/mol. The van der Waals surface area contributed by atoms with E-state index in [9.17, 15) is 9.59 Å². The summed E-state index contributed by atoms with van der Waals surface area (Å²) in [4.78, 5) is 24.3. The van der Waals surface area contributed by atoms with Crippen molar-refractivity contribution in [3.63, 3.8) is 0 Å². The van der Waals surface area contributed by atoms with Gasteiger partial charge >= 0.3 is 0 Å². The minimum Gasteiger partial charge on any atom is -0.297 e. The highest BCUT2D eigenvalue weighted by atomic mass is 16.1. The highest BCUT2D eigenvalue weighted by molar-refractivity contribution is 5.85. The van der Waals surface area contributed by atoms with E-state index in [0.717, 1.165) is 11.1 Å². The maximum Gasteiger partial charge on any atom is 0.275 e. The average molecular weight is 258 g/mol. The zero-order valence-corrected chi connectivity index (χ0v) is 11.7. The topological polar surface area (TPSA) is 52.0 Å². The van der Waals surface area contributed by atoms with Crippen LogP contribution in [0.15, 0.2) is 29.1 Å². The van der Waals surface area contributed by atoms with Crippen molar-refractivity contribution in [3.8, 4) is 0 Å². The quantitative estimate of drug-likeness (QED) is 0.830. The van der Waals surface area contributed by atoms with Crippen molar-refractivity contribution < 1.29 is 4.79 Å². The number of hydrogen-bond donors (Lipinski definition) is 0. The summed E-state index contributed by atoms with van der Waals surface area (Å²) >= 11 is 0. The number of hydrogen-bond acceptors (Lipinski definition) is 3. The molecule has 0 saturated heterocycles. The van der Waals surface area contributed by atoms with E-state index in [1.54, 1.807) is 6.07 Å². The zero-order valence-electron chi connectivity index (χ0n) is 11.7. The summed E-state index contributed by atoms with van der Waals surface area (Å²) in [6.07, 6.45) is 0. The third-order valence-corrected chi connectivity index (χ3v) is 3.18. The first-order valence-corrected chi connectivity index (χ1v) is 6.30. The summed E-state index contributed by atoms with van der Waals surface area (Å²) in [7, 11) is 0. The summed E-state index contributed by atoms with van der Waals surface area (Å²) in [5, 5.41) is 5.69. The van der Waals surface area contributed by atoms with Gasteiger partial charge in [0.05, 0.1) is 11.1 Å². The standard InChI is InChI=1S/C15H18N2O2/c1-10-11-7-5-6-8-12(11)14(19)17(16-10)9-13(18)15(2,3)4/h5-8H,9H2,1-4H3. The second-order valence-electron chi connectivity index (χ2n) is 5.77. The molecule has 0 saturated carbocycles. The lowest BCUT2D eigenvalue weighted by Crippen LogP contribution is -2.32. The molecule has 0 fully saturated rings. The average Bonchev–Trinajstić information content (AvgIpc) is 2.34. The van der Waals surface area contributed by atoms with Crippen LogP contribution >= 0.6 is 0 Å². The molecule has 4 heteroatoms. The normalized spacial score (nSPS) is 11.8. The number of benzene rings is 1. The van der Waals surface area contributed by atoms with Crippen LogP contribution < -0.4 is 5.56 Å². The molecule has 0 amide bonds. The van der Waals surface area contributed by atoms with Crippen LogP contribution in [-0.2, 0) is 11.3 Å². The maximum atomic E-state index is 12.3. The maximum absolute atomic E-state index is 12.3. The highest BCUT2D eigenvalue weighted by Crippen LogP contribution is 2.16. The van der Waals surface area contributed by atoms with Gasteiger partial charge in [0.25, 0.3) is 5.56 Å². The first-order chi connectivity index (χ1) is 8.80. The van der Waals surface area contributed by atoms with E-state index < -0.39 is 5.41 Å². The van der Waals surface area contributed by atoms with E-state index in [4.69, 9.17) is 0 Å². The molecular formula is C15H18N2O2. The molecule has 0 aliphatic rings. The van der Waals surface area contributed by atoms with Gasteiger partial charge in [0.1, 0.15) is 6.54 Å². The van der Waals surface area contributed by atoms with Crippen molar-refractivity contribution in [2.45, 2.75) is 34.2 Å². The van der Waals surface area contributed by atoms with E-state index in [1.165, 1.54) is 4.68 Å². The van der Waals surface area contributed by atoms with Crippen molar-refractivity contribution in [1.29, 1.82) is 0 Å². The van der Waals surface area contributed by atoms with Crippen LogP contribution in [0.1, 0.15) is 26.5 Å². The Kier molecular flexibility index (Phi) is 3.27. The zero-order chi connectivity index (χ0) is 14.2. The molecule has 0 spiro atoms. The fourth-order valence-corrected chi connectivity index (χ4v) is 1.88. The summed E-state index contributed by atoms with van der Waals surface area (Å²) in [6.45, 7) is 7.39. The molecule has 19 heavy (non-hydrogen) atoms. The van der Waals surface area contributed by atoms with Gasteiger partial charge in [0.2, 0.25) is 0 Å². The number of ketones is 1. The van der Waals surface area contributed by atoms with Gasteiger partial charge in [-0.15, -0.1) is 0 Å². The van der Waals surface area contributed by atoms with Gasteiger partial charge in [-0.25, -0.2) is 4.68 Å². The molecule has 0 aliphatic heterocycles.